The van der Waals surface area contributed by atoms with Crippen LogP contribution < -0.4 is 10.5 Å². The largest absolute Gasteiger partial charge is 0.322 e. The molecule has 1 aromatic carbocycles. The Bertz CT molecular complexity index is 539. The van der Waals surface area contributed by atoms with E-state index in [4.69, 9.17) is 39.9 Å². The molecule has 1 aromatic rings. The maximum Gasteiger partial charge on any atom is 0.276 e. The van der Waals surface area contributed by atoms with Crippen LogP contribution in [-0.2, 0) is 14.8 Å². The average Bonchev–Trinajstić information content (AvgIpc) is 2.15. The molecule has 0 saturated heterocycles. The molecule has 5 nitrogen and oxygen atoms in total. The monoisotopic (exact) mass is 316 g/mol. The average molecular weight is 318 g/mol. The lowest BCUT2D eigenvalue weighted by atomic mass is 10.3. The first-order chi connectivity index (χ1) is 7.60. The molecular formula is C8H7Cl3N2O3S. The number of nitrogens with one attached hydrogen (secondary N) is 1. The molecule has 0 aliphatic carbocycles. The van der Waals surface area contributed by atoms with Crippen LogP contribution in [0, 0.1) is 0 Å². The minimum Gasteiger partial charge on any atom is -0.322 e. The summed E-state index contributed by atoms with van der Waals surface area (Å²) in [6, 6.07) is 5.26. The molecule has 0 fully saturated rings. The van der Waals surface area contributed by atoms with Crippen LogP contribution in [0.2, 0.25) is 0 Å². The third kappa shape index (κ3) is 4.33. The summed E-state index contributed by atoms with van der Waals surface area (Å²) < 4.78 is 20.0. The van der Waals surface area contributed by atoms with Crippen molar-refractivity contribution < 1.29 is 13.2 Å². The predicted octanol–water partition coefficient (Wildman–Crippen LogP) is 1.64. The summed E-state index contributed by atoms with van der Waals surface area (Å²) in [5, 5.41) is 7.16. The molecule has 1 amide bonds. The van der Waals surface area contributed by atoms with Gasteiger partial charge >= 0.3 is 0 Å². The SMILES string of the molecule is NS(=O)(=O)c1cccc(NC(=O)C(Cl)(Cl)Cl)c1. The van der Waals surface area contributed by atoms with Crippen molar-refractivity contribution >= 4 is 56.4 Å². The summed E-state index contributed by atoms with van der Waals surface area (Å²) in [6.45, 7) is 0. The number of nitrogens with two attached hydrogens (primary N) is 1. The van der Waals surface area contributed by atoms with Gasteiger partial charge in [-0.15, -0.1) is 0 Å². The number of hydrogen-bond donors (Lipinski definition) is 2. The van der Waals surface area contributed by atoms with Crippen LogP contribution in [0.5, 0.6) is 0 Å². The number of alkyl halides is 3. The Kier molecular flexibility index (Phi) is 4.27. The van der Waals surface area contributed by atoms with Gasteiger partial charge in [0.25, 0.3) is 9.70 Å². The van der Waals surface area contributed by atoms with E-state index in [9.17, 15) is 13.2 Å². The molecule has 0 bridgehead atoms. The lowest BCUT2D eigenvalue weighted by molar-refractivity contribution is -0.115. The van der Waals surface area contributed by atoms with Crippen molar-refractivity contribution in [2.75, 3.05) is 5.32 Å². The molecule has 0 unspecified atom stereocenters. The molecule has 0 heterocycles. The van der Waals surface area contributed by atoms with Crippen LogP contribution in [0.15, 0.2) is 29.2 Å². The van der Waals surface area contributed by atoms with Crippen molar-refractivity contribution in [2.45, 2.75) is 8.69 Å². The molecule has 9 heteroatoms. The Hall–Kier alpha value is -0.530. The van der Waals surface area contributed by atoms with Gasteiger partial charge in [-0.1, -0.05) is 40.9 Å². The number of halogens is 3. The van der Waals surface area contributed by atoms with Gasteiger partial charge in [0, 0.05) is 5.69 Å². The third-order valence-electron chi connectivity index (χ3n) is 1.68. The van der Waals surface area contributed by atoms with Crippen molar-refractivity contribution in [1.29, 1.82) is 0 Å². The maximum absolute atomic E-state index is 11.3. The second kappa shape index (κ2) is 4.99. The molecule has 0 spiro atoms. The fraction of sp³-hybridized carbons (Fsp3) is 0.125. The maximum atomic E-state index is 11.3. The zero-order chi connectivity index (χ0) is 13.3. The van der Waals surface area contributed by atoms with Gasteiger partial charge in [0.15, 0.2) is 0 Å². The number of amides is 1. The molecule has 1 rings (SSSR count). The van der Waals surface area contributed by atoms with E-state index in [0.29, 0.717) is 0 Å². The number of benzene rings is 1. The third-order valence-corrected chi connectivity index (χ3v) is 3.10. The van der Waals surface area contributed by atoms with Crippen molar-refractivity contribution in [3.05, 3.63) is 24.3 Å². The summed E-state index contributed by atoms with van der Waals surface area (Å²) in [4.78, 5) is 11.2. The number of primary sulfonamides is 1. The summed E-state index contributed by atoms with van der Waals surface area (Å²) in [5.41, 5.74) is 0.160. The van der Waals surface area contributed by atoms with E-state index < -0.39 is 19.7 Å². The van der Waals surface area contributed by atoms with E-state index >= 15 is 0 Å². The van der Waals surface area contributed by atoms with Gasteiger partial charge in [0.2, 0.25) is 10.0 Å². The van der Waals surface area contributed by atoms with Crippen LogP contribution in [0.25, 0.3) is 0 Å². The summed E-state index contributed by atoms with van der Waals surface area (Å²) in [5.74, 6) is -0.894. The first-order valence-electron chi connectivity index (χ1n) is 4.12. The molecule has 0 aliphatic heterocycles. The van der Waals surface area contributed by atoms with Crippen LogP contribution in [0.4, 0.5) is 5.69 Å². The first-order valence-corrected chi connectivity index (χ1v) is 6.80. The van der Waals surface area contributed by atoms with E-state index in [0.717, 1.165) is 6.07 Å². The Morgan fingerprint density at radius 2 is 1.88 bits per heavy atom. The highest BCUT2D eigenvalue weighted by molar-refractivity contribution is 7.89. The fourth-order valence-corrected chi connectivity index (χ4v) is 1.65. The van der Waals surface area contributed by atoms with E-state index in [2.05, 4.69) is 5.32 Å². The number of sulfonamides is 1. The van der Waals surface area contributed by atoms with Crippen LogP contribution in [0.1, 0.15) is 0 Å². The van der Waals surface area contributed by atoms with Crippen molar-refractivity contribution in [3.8, 4) is 0 Å². The van der Waals surface area contributed by atoms with Crippen molar-refractivity contribution in [2.24, 2.45) is 5.14 Å². The molecule has 0 saturated carbocycles. The van der Waals surface area contributed by atoms with Crippen molar-refractivity contribution in [3.63, 3.8) is 0 Å². The Labute approximate surface area is 113 Å². The minimum atomic E-state index is -3.85. The molecular weight excluding hydrogens is 311 g/mol. The topological polar surface area (TPSA) is 89.3 Å². The van der Waals surface area contributed by atoms with Gasteiger partial charge in [-0.05, 0) is 18.2 Å². The van der Waals surface area contributed by atoms with E-state index in [-0.39, 0.29) is 10.6 Å². The second-order valence-corrected chi connectivity index (χ2v) is 6.87. The molecule has 3 N–H and O–H groups in total. The predicted molar refractivity (Wildman–Crippen MR) is 66.7 cm³/mol. The number of anilines is 1. The van der Waals surface area contributed by atoms with E-state index in [1.54, 1.807) is 0 Å². The zero-order valence-electron chi connectivity index (χ0n) is 8.15. The second-order valence-electron chi connectivity index (χ2n) is 3.02. The molecule has 0 radical (unpaired) electrons. The van der Waals surface area contributed by atoms with Gasteiger partial charge in [-0.25, -0.2) is 13.6 Å². The standard InChI is InChI=1S/C8H7Cl3N2O3S/c9-8(10,11)7(14)13-5-2-1-3-6(4-5)17(12,15)16/h1-4H,(H,13,14)(H2,12,15,16). The van der Waals surface area contributed by atoms with Crippen LogP contribution in [0.3, 0.4) is 0 Å². The number of carbonyl (C=O) groups excluding carboxylic acids is 1. The van der Waals surface area contributed by atoms with Crippen LogP contribution in [-0.4, -0.2) is 18.1 Å². The van der Waals surface area contributed by atoms with Crippen LogP contribution >= 0.6 is 34.8 Å². The van der Waals surface area contributed by atoms with Gasteiger partial charge in [-0.2, -0.15) is 0 Å². The summed E-state index contributed by atoms with van der Waals surface area (Å²) >= 11 is 16.0. The molecule has 94 valence electrons. The fourth-order valence-electron chi connectivity index (χ4n) is 0.953. The number of rotatable bonds is 2. The smallest absolute Gasteiger partial charge is 0.276 e. The number of hydrogen-bond acceptors (Lipinski definition) is 3. The summed E-state index contributed by atoms with van der Waals surface area (Å²) in [7, 11) is -3.85. The minimum absolute atomic E-state index is 0.153. The first kappa shape index (κ1) is 14.5. The molecule has 0 aromatic heterocycles. The van der Waals surface area contributed by atoms with Gasteiger partial charge in [-0.3, -0.25) is 4.79 Å². The lowest BCUT2D eigenvalue weighted by Gasteiger charge is -2.11. The Balaban J connectivity index is 2.99. The lowest BCUT2D eigenvalue weighted by Crippen LogP contribution is -2.27. The molecule has 0 atom stereocenters. The van der Waals surface area contributed by atoms with Gasteiger partial charge < -0.3 is 5.32 Å². The highest BCUT2D eigenvalue weighted by atomic mass is 35.6. The molecule has 0 aliphatic rings. The van der Waals surface area contributed by atoms with Crippen molar-refractivity contribution in [1.82, 2.24) is 0 Å². The van der Waals surface area contributed by atoms with E-state index in [1.807, 2.05) is 0 Å². The Morgan fingerprint density at radius 1 is 1.29 bits per heavy atom. The Morgan fingerprint density at radius 3 is 2.35 bits per heavy atom. The quantitative estimate of drug-likeness (QED) is 0.813. The van der Waals surface area contributed by atoms with Gasteiger partial charge in [0.1, 0.15) is 0 Å². The highest BCUT2D eigenvalue weighted by Gasteiger charge is 2.30. The zero-order valence-corrected chi connectivity index (χ0v) is 11.2. The van der Waals surface area contributed by atoms with E-state index in [1.165, 1.54) is 18.2 Å². The normalized spacial score (nSPS) is 12.2. The summed E-state index contributed by atoms with van der Waals surface area (Å²) in [6.07, 6.45) is 0. The number of carbonyl (C=O) groups is 1. The van der Waals surface area contributed by atoms with Gasteiger partial charge in [0.05, 0.1) is 4.90 Å². The molecule has 17 heavy (non-hydrogen) atoms. The highest BCUT2D eigenvalue weighted by Crippen LogP contribution is 2.27.